The highest BCUT2D eigenvalue weighted by Crippen LogP contribution is 2.44. The van der Waals surface area contributed by atoms with Gasteiger partial charge in [0.2, 0.25) is 17.8 Å². The smallest absolute Gasteiger partial charge is 0.249 e. The summed E-state index contributed by atoms with van der Waals surface area (Å²) in [5.41, 5.74) is 7.47. The van der Waals surface area contributed by atoms with Gasteiger partial charge in [-0.25, -0.2) is 4.98 Å². The number of carbonyl (C=O) groups is 2. The second-order valence-electron chi connectivity index (χ2n) is 18.3. The molecule has 342 valence electrons. The summed E-state index contributed by atoms with van der Waals surface area (Å²) in [6.07, 6.45) is 11.4. The fourth-order valence-corrected chi connectivity index (χ4v) is 11.8. The van der Waals surface area contributed by atoms with Crippen molar-refractivity contribution >= 4 is 85.7 Å². The van der Waals surface area contributed by atoms with Crippen LogP contribution in [0.15, 0.2) is 71.6 Å². The highest BCUT2D eigenvalue weighted by Gasteiger charge is 2.34. The SMILES string of the molecule is CCc1cc(Nc2ncc(Br)c(Nc3ccc4nccnc4c3P(C)(C)=O)n2)c(OC)cc1N1CCC(N2CCN(C[C@H]3C[C@H](c4ccc(NC5CCC(=O)NC5=O)cc4)C3)CC2)CC1. The number of aromatic nitrogens is 4. The van der Waals surface area contributed by atoms with Crippen molar-refractivity contribution in [2.45, 2.75) is 69.9 Å². The molecule has 2 aromatic heterocycles. The molecule has 3 aliphatic heterocycles. The van der Waals surface area contributed by atoms with Crippen molar-refractivity contribution in [2.75, 3.05) is 87.1 Å². The summed E-state index contributed by atoms with van der Waals surface area (Å²) < 4.78 is 20.2. The molecule has 1 unspecified atom stereocenters. The van der Waals surface area contributed by atoms with Crippen LogP contribution in [0.3, 0.4) is 0 Å². The predicted octanol–water partition coefficient (Wildman–Crippen LogP) is 7.49. The minimum absolute atomic E-state index is 0.193. The number of nitrogens with zero attached hydrogens (tertiary/aromatic N) is 7. The Balaban J connectivity index is 0.760. The van der Waals surface area contributed by atoms with E-state index in [1.165, 1.54) is 36.2 Å². The Morgan fingerprint density at radius 2 is 1.65 bits per heavy atom. The first-order valence-corrected chi connectivity index (χ1v) is 26.3. The van der Waals surface area contributed by atoms with Gasteiger partial charge in [-0.1, -0.05) is 19.1 Å². The highest BCUT2D eigenvalue weighted by molar-refractivity contribution is 9.10. The third-order valence-corrected chi connectivity index (χ3v) is 15.7. The molecule has 3 saturated heterocycles. The average Bonchev–Trinajstić information content (AvgIpc) is 3.29. The van der Waals surface area contributed by atoms with Gasteiger partial charge >= 0.3 is 0 Å². The zero-order valence-corrected chi connectivity index (χ0v) is 40.1. The summed E-state index contributed by atoms with van der Waals surface area (Å²) >= 11 is 3.61. The van der Waals surface area contributed by atoms with Gasteiger partial charge < -0.3 is 35.1 Å². The van der Waals surface area contributed by atoms with Crippen LogP contribution >= 0.6 is 23.1 Å². The van der Waals surface area contributed by atoms with Crippen LogP contribution in [0.1, 0.15) is 62.5 Å². The van der Waals surface area contributed by atoms with Gasteiger partial charge in [-0.3, -0.25) is 29.8 Å². The van der Waals surface area contributed by atoms with E-state index in [9.17, 15) is 14.2 Å². The number of imide groups is 1. The first-order chi connectivity index (χ1) is 31.4. The van der Waals surface area contributed by atoms with Crippen molar-refractivity contribution in [3.63, 3.8) is 0 Å². The lowest BCUT2D eigenvalue weighted by molar-refractivity contribution is -0.133. The monoisotopic (exact) mass is 963 g/mol. The van der Waals surface area contributed by atoms with Crippen molar-refractivity contribution in [3.05, 3.63) is 82.7 Å². The Labute approximate surface area is 389 Å². The fraction of sp³-hybridized carbons (Fsp3) is 0.458. The number of aryl methyl sites for hydroxylation is 1. The van der Waals surface area contributed by atoms with Gasteiger partial charge in [0.25, 0.3) is 0 Å². The molecule has 1 atom stereocenters. The molecule has 17 heteroatoms. The molecule has 4 N–H and O–H groups in total. The third-order valence-electron chi connectivity index (χ3n) is 13.6. The molecule has 0 radical (unpaired) electrons. The van der Waals surface area contributed by atoms with Crippen molar-refractivity contribution in [1.82, 2.24) is 35.1 Å². The van der Waals surface area contributed by atoms with Gasteiger partial charge in [0.05, 0.1) is 33.8 Å². The third kappa shape index (κ3) is 10.2. The van der Waals surface area contributed by atoms with E-state index in [2.05, 4.69) is 110 Å². The summed E-state index contributed by atoms with van der Waals surface area (Å²) in [6, 6.07) is 16.8. The van der Waals surface area contributed by atoms with Crippen LogP contribution in [-0.2, 0) is 20.6 Å². The van der Waals surface area contributed by atoms with E-state index in [4.69, 9.17) is 9.72 Å². The second-order valence-corrected chi connectivity index (χ2v) is 22.3. The molecule has 15 nitrogen and oxygen atoms in total. The Morgan fingerprint density at radius 1 is 0.892 bits per heavy atom. The number of piperidine rings is 2. The number of rotatable bonds is 14. The Bertz CT molecular complexity index is 2590. The van der Waals surface area contributed by atoms with Crippen LogP contribution in [0.5, 0.6) is 5.75 Å². The molecule has 1 aliphatic carbocycles. The van der Waals surface area contributed by atoms with Crippen LogP contribution in [0, 0.1) is 5.92 Å². The van der Waals surface area contributed by atoms with E-state index in [0.717, 1.165) is 81.6 Å². The van der Waals surface area contributed by atoms with Gasteiger partial charge in [0, 0.05) is 94.3 Å². The van der Waals surface area contributed by atoms with Gasteiger partial charge in [0.15, 0.2) is 0 Å². The summed E-state index contributed by atoms with van der Waals surface area (Å²) in [6.45, 7) is 13.4. The summed E-state index contributed by atoms with van der Waals surface area (Å²) in [5.74, 6) is 2.54. The zero-order valence-electron chi connectivity index (χ0n) is 37.6. The molecule has 5 heterocycles. The largest absolute Gasteiger partial charge is 0.494 e. The number of methoxy groups -OCH3 is 1. The van der Waals surface area contributed by atoms with Crippen LogP contribution in [-0.4, -0.2) is 120 Å². The normalized spacial score (nSPS) is 21.2. The van der Waals surface area contributed by atoms with E-state index in [-0.39, 0.29) is 17.9 Å². The number of ether oxygens (including phenoxy) is 1. The molecule has 4 aliphatic rings. The predicted molar refractivity (Wildman–Crippen MR) is 262 cm³/mol. The Hall–Kier alpha value is -5.15. The summed E-state index contributed by atoms with van der Waals surface area (Å²) in [5, 5.41) is 13.1. The first kappa shape index (κ1) is 45.0. The first-order valence-electron chi connectivity index (χ1n) is 22.9. The van der Waals surface area contributed by atoms with Crippen molar-refractivity contribution in [3.8, 4) is 5.75 Å². The maximum absolute atomic E-state index is 13.5. The number of amides is 2. The van der Waals surface area contributed by atoms with Gasteiger partial charge in [-0.2, -0.15) is 4.98 Å². The number of halogens is 1. The second kappa shape index (κ2) is 19.4. The molecule has 4 fully saturated rings. The lowest BCUT2D eigenvalue weighted by Gasteiger charge is -2.45. The molecule has 0 spiro atoms. The topological polar surface area (TPSA) is 170 Å². The van der Waals surface area contributed by atoms with E-state index in [1.807, 2.05) is 12.1 Å². The molecule has 65 heavy (non-hydrogen) atoms. The van der Waals surface area contributed by atoms with Crippen LogP contribution in [0.2, 0.25) is 0 Å². The van der Waals surface area contributed by atoms with Crippen molar-refractivity contribution in [1.29, 1.82) is 0 Å². The Morgan fingerprint density at radius 3 is 2.35 bits per heavy atom. The van der Waals surface area contributed by atoms with E-state index < -0.39 is 7.14 Å². The number of anilines is 6. The number of hydrogen-bond acceptors (Lipinski definition) is 14. The summed E-state index contributed by atoms with van der Waals surface area (Å²) in [7, 11) is -1.07. The minimum atomic E-state index is -2.77. The molecular weight excluding hydrogens is 905 g/mol. The van der Waals surface area contributed by atoms with Crippen molar-refractivity contribution in [2.24, 2.45) is 5.92 Å². The molecule has 5 aromatic rings. The molecule has 2 amide bonds. The standard InChI is InChI=1S/C48H59BrN11O4P/c1-5-31-26-40(55-48-52-28-36(49)46(57-48)54-38-11-10-37-44(51-17-16-50-37)45(38)65(3,4)63)42(64-2)27-41(31)60-18-14-35(15-19-60)59-22-20-58(21-23-59)29-30-24-33(25-30)32-6-8-34(9-7-32)53-39-12-13-43(61)56-47(39)62/h6-11,16-17,26-28,30,33,35,39,53H,5,12-15,18-25,29H2,1-4H3,(H,56,61,62)(H2,52,54,55,57)/t30-,33-,39?. The highest BCUT2D eigenvalue weighted by atomic mass is 79.9. The Kier molecular flexibility index (Phi) is 13.4. The zero-order chi connectivity index (χ0) is 45.2. The summed E-state index contributed by atoms with van der Waals surface area (Å²) in [4.78, 5) is 49.9. The van der Waals surface area contributed by atoms with E-state index >= 15 is 0 Å². The van der Waals surface area contributed by atoms with Gasteiger partial charge in [0.1, 0.15) is 30.3 Å². The maximum Gasteiger partial charge on any atom is 0.249 e. The molecule has 1 saturated carbocycles. The average molecular weight is 965 g/mol. The van der Waals surface area contributed by atoms with Crippen molar-refractivity contribution < 1.29 is 18.9 Å². The number of benzene rings is 3. The minimum Gasteiger partial charge on any atom is -0.494 e. The number of piperazine rings is 1. The number of carbonyl (C=O) groups excluding carboxylic acids is 2. The number of fused-ring (bicyclic) bond motifs is 1. The lowest BCUT2D eigenvalue weighted by Crippen LogP contribution is -2.54. The van der Waals surface area contributed by atoms with Crippen LogP contribution < -0.4 is 36.2 Å². The van der Waals surface area contributed by atoms with Crippen LogP contribution in [0.25, 0.3) is 11.0 Å². The van der Waals surface area contributed by atoms with Gasteiger partial charge in [-0.15, -0.1) is 0 Å². The molecule has 3 aromatic carbocycles. The number of hydrogen-bond donors (Lipinski definition) is 4. The molecule has 9 rings (SSSR count). The van der Waals surface area contributed by atoms with E-state index in [0.29, 0.717) is 63.1 Å². The number of nitrogens with one attached hydrogen (secondary N) is 4. The quantitative estimate of drug-likeness (QED) is 0.0638. The lowest BCUT2D eigenvalue weighted by atomic mass is 9.71. The van der Waals surface area contributed by atoms with Gasteiger partial charge in [-0.05, 0) is 121 Å². The fourth-order valence-electron chi connectivity index (χ4n) is 10.1. The van der Waals surface area contributed by atoms with E-state index in [1.54, 1.807) is 39.0 Å². The van der Waals surface area contributed by atoms with Crippen LogP contribution in [0.4, 0.5) is 34.5 Å². The molecular formula is C48H59BrN11O4P. The maximum atomic E-state index is 13.5. The molecule has 0 bridgehead atoms.